The Labute approximate surface area is 100 Å². The number of hydrogen-bond acceptors (Lipinski definition) is 3. The van der Waals surface area contributed by atoms with E-state index in [-0.39, 0.29) is 18.3 Å². The lowest BCUT2D eigenvalue weighted by Gasteiger charge is -2.06. The molecule has 0 aromatic heterocycles. The van der Waals surface area contributed by atoms with Gasteiger partial charge in [-0.2, -0.15) is 0 Å². The summed E-state index contributed by atoms with van der Waals surface area (Å²) in [5, 5.41) is 5.67. The van der Waals surface area contributed by atoms with Crippen LogP contribution in [0.4, 0.5) is 4.39 Å². The van der Waals surface area contributed by atoms with Gasteiger partial charge in [-0.1, -0.05) is 12.1 Å². The largest absolute Gasteiger partial charge is 0.383 e. The minimum absolute atomic E-state index is 0.0922. The lowest BCUT2D eigenvalue weighted by Crippen LogP contribution is -2.34. The summed E-state index contributed by atoms with van der Waals surface area (Å²) in [7, 11) is 1.61. The van der Waals surface area contributed by atoms with Gasteiger partial charge in [-0.25, -0.2) is 4.39 Å². The zero-order chi connectivity index (χ0) is 12.5. The molecule has 2 N–H and O–H groups in total. The summed E-state index contributed by atoms with van der Waals surface area (Å²) in [5.74, 6) is -0.369. The maximum atomic E-state index is 12.6. The maximum Gasteiger partial charge on any atom is 0.234 e. The molecule has 0 aliphatic heterocycles. The Balaban J connectivity index is 2.17. The molecule has 17 heavy (non-hydrogen) atoms. The summed E-state index contributed by atoms with van der Waals surface area (Å²) in [6, 6.07) is 6.04. The predicted molar refractivity (Wildman–Crippen MR) is 63.0 cm³/mol. The summed E-state index contributed by atoms with van der Waals surface area (Å²) in [4.78, 5) is 11.4. The van der Waals surface area contributed by atoms with Crippen molar-refractivity contribution >= 4 is 5.91 Å². The smallest absolute Gasteiger partial charge is 0.234 e. The third-order valence-corrected chi connectivity index (χ3v) is 2.17. The summed E-state index contributed by atoms with van der Waals surface area (Å²) in [6.45, 7) is 1.88. The van der Waals surface area contributed by atoms with Gasteiger partial charge in [0.2, 0.25) is 5.91 Å². The van der Waals surface area contributed by atoms with Crippen LogP contribution in [-0.2, 0) is 16.1 Å². The van der Waals surface area contributed by atoms with Gasteiger partial charge in [-0.15, -0.1) is 0 Å². The van der Waals surface area contributed by atoms with Crippen LogP contribution >= 0.6 is 0 Å². The monoisotopic (exact) mass is 240 g/mol. The molecule has 0 heterocycles. The standard InChI is InChI=1S/C12H17FN2O2/c1-17-7-6-14-9-12(16)15-8-10-2-4-11(13)5-3-10/h2-5,14H,6-9H2,1H3,(H,15,16). The van der Waals surface area contributed by atoms with Crippen LogP contribution in [0.3, 0.4) is 0 Å². The highest BCUT2D eigenvalue weighted by atomic mass is 19.1. The first kappa shape index (κ1) is 13.6. The Hall–Kier alpha value is -1.46. The molecule has 0 unspecified atom stereocenters. The van der Waals surface area contributed by atoms with Crippen molar-refractivity contribution in [2.75, 3.05) is 26.8 Å². The minimum Gasteiger partial charge on any atom is -0.383 e. The molecule has 0 aliphatic rings. The van der Waals surface area contributed by atoms with E-state index in [1.54, 1.807) is 19.2 Å². The summed E-state index contributed by atoms with van der Waals surface area (Å²) in [6.07, 6.45) is 0. The fraction of sp³-hybridized carbons (Fsp3) is 0.417. The molecule has 0 atom stereocenters. The maximum absolute atomic E-state index is 12.6. The Morgan fingerprint density at radius 3 is 2.71 bits per heavy atom. The molecule has 1 aromatic rings. The number of carbonyl (C=O) groups is 1. The molecule has 5 heteroatoms. The zero-order valence-electron chi connectivity index (χ0n) is 9.83. The third-order valence-electron chi connectivity index (χ3n) is 2.17. The van der Waals surface area contributed by atoms with Crippen molar-refractivity contribution in [1.82, 2.24) is 10.6 Å². The normalized spacial score (nSPS) is 10.2. The quantitative estimate of drug-likeness (QED) is 0.689. The average Bonchev–Trinajstić information content (AvgIpc) is 2.34. The van der Waals surface area contributed by atoms with Gasteiger partial charge in [-0.05, 0) is 17.7 Å². The van der Waals surface area contributed by atoms with E-state index in [4.69, 9.17) is 4.74 Å². The first-order valence-corrected chi connectivity index (χ1v) is 5.43. The van der Waals surface area contributed by atoms with Crippen LogP contribution in [0.2, 0.25) is 0 Å². The van der Waals surface area contributed by atoms with Crippen LogP contribution in [0.25, 0.3) is 0 Å². The molecule has 94 valence electrons. The Morgan fingerprint density at radius 2 is 2.06 bits per heavy atom. The highest BCUT2D eigenvalue weighted by Gasteiger charge is 2.00. The Morgan fingerprint density at radius 1 is 1.35 bits per heavy atom. The predicted octanol–water partition coefficient (Wildman–Crippen LogP) is 0.678. The van der Waals surface area contributed by atoms with Crippen LogP contribution in [-0.4, -0.2) is 32.7 Å². The fourth-order valence-corrected chi connectivity index (χ4v) is 1.24. The summed E-state index contributed by atoms with van der Waals surface area (Å²) < 4.78 is 17.4. The highest BCUT2D eigenvalue weighted by Crippen LogP contribution is 2.01. The highest BCUT2D eigenvalue weighted by molar-refractivity contribution is 5.77. The van der Waals surface area contributed by atoms with Crippen LogP contribution < -0.4 is 10.6 Å². The van der Waals surface area contributed by atoms with Crippen molar-refractivity contribution < 1.29 is 13.9 Å². The third kappa shape index (κ3) is 5.99. The van der Waals surface area contributed by atoms with Crippen LogP contribution in [0.15, 0.2) is 24.3 Å². The summed E-state index contributed by atoms with van der Waals surface area (Å²) >= 11 is 0. The topological polar surface area (TPSA) is 50.4 Å². The number of benzene rings is 1. The number of carbonyl (C=O) groups excluding carboxylic acids is 1. The van der Waals surface area contributed by atoms with Gasteiger partial charge < -0.3 is 15.4 Å². The van der Waals surface area contributed by atoms with Gasteiger partial charge >= 0.3 is 0 Å². The van der Waals surface area contributed by atoms with Crippen LogP contribution in [0.1, 0.15) is 5.56 Å². The molecule has 0 radical (unpaired) electrons. The van der Waals surface area contributed by atoms with Gasteiger partial charge in [0.15, 0.2) is 0 Å². The second-order valence-electron chi connectivity index (χ2n) is 3.57. The minimum atomic E-state index is -0.277. The van der Waals surface area contributed by atoms with Crippen molar-refractivity contribution in [1.29, 1.82) is 0 Å². The van der Waals surface area contributed by atoms with Gasteiger partial charge in [0, 0.05) is 20.2 Å². The molecule has 1 amide bonds. The van der Waals surface area contributed by atoms with Crippen molar-refractivity contribution in [2.24, 2.45) is 0 Å². The Kier molecular flexibility index (Phi) is 6.21. The number of nitrogens with one attached hydrogen (secondary N) is 2. The lowest BCUT2D eigenvalue weighted by atomic mass is 10.2. The van der Waals surface area contributed by atoms with E-state index in [1.165, 1.54) is 12.1 Å². The number of hydrogen-bond donors (Lipinski definition) is 2. The number of rotatable bonds is 7. The molecule has 4 nitrogen and oxygen atoms in total. The van der Waals surface area contributed by atoms with Crippen LogP contribution in [0, 0.1) is 5.82 Å². The SMILES string of the molecule is COCCNCC(=O)NCc1ccc(F)cc1. The van der Waals surface area contributed by atoms with Gasteiger partial charge in [0.25, 0.3) is 0 Å². The van der Waals surface area contributed by atoms with Crippen molar-refractivity contribution in [3.05, 3.63) is 35.6 Å². The lowest BCUT2D eigenvalue weighted by molar-refractivity contribution is -0.120. The second-order valence-corrected chi connectivity index (χ2v) is 3.57. The van der Waals surface area contributed by atoms with Crippen molar-refractivity contribution in [3.8, 4) is 0 Å². The van der Waals surface area contributed by atoms with Crippen molar-refractivity contribution in [2.45, 2.75) is 6.54 Å². The first-order valence-electron chi connectivity index (χ1n) is 5.43. The van der Waals surface area contributed by atoms with E-state index in [0.717, 1.165) is 5.56 Å². The average molecular weight is 240 g/mol. The van der Waals surface area contributed by atoms with Crippen LogP contribution in [0.5, 0.6) is 0 Å². The molecular weight excluding hydrogens is 223 g/mol. The first-order chi connectivity index (χ1) is 8.22. The molecule has 1 rings (SSSR count). The van der Waals surface area contributed by atoms with E-state index in [9.17, 15) is 9.18 Å². The summed E-state index contributed by atoms with van der Waals surface area (Å²) in [5.41, 5.74) is 0.872. The molecule has 0 spiro atoms. The van der Waals surface area contributed by atoms with E-state index >= 15 is 0 Å². The molecule has 0 fully saturated rings. The molecular formula is C12H17FN2O2. The molecule has 1 aromatic carbocycles. The molecule has 0 saturated carbocycles. The Bertz CT molecular complexity index is 341. The van der Waals surface area contributed by atoms with Gasteiger partial charge in [0.05, 0.1) is 13.2 Å². The van der Waals surface area contributed by atoms with Crippen molar-refractivity contribution in [3.63, 3.8) is 0 Å². The van der Waals surface area contributed by atoms with E-state index in [2.05, 4.69) is 10.6 Å². The fourth-order valence-electron chi connectivity index (χ4n) is 1.24. The number of halogens is 1. The molecule has 0 bridgehead atoms. The van der Waals surface area contributed by atoms with E-state index < -0.39 is 0 Å². The van der Waals surface area contributed by atoms with E-state index in [1.807, 2.05) is 0 Å². The number of ether oxygens (including phenoxy) is 1. The number of methoxy groups -OCH3 is 1. The molecule has 0 aliphatic carbocycles. The van der Waals surface area contributed by atoms with Gasteiger partial charge in [-0.3, -0.25) is 4.79 Å². The van der Waals surface area contributed by atoms with E-state index in [0.29, 0.717) is 19.7 Å². The number of amides is 1. The van der Waals surface area contributed by atoms with Gasteiger partial charge in [0.1, 0.15) is 5.82 Å². The molecule has 0 saturated heterocycles. The zero-order valence-corrected chi connectivity index (χ0v) is 9.83. The second kappa shape index (κ2) is 7.76.